The molecule has 1 saturated heterocycles. The fourth-order valence-electron chi connectivity index (χ4n) is 1.54. The highest BCUT2D eigenvalue weighted by molar-refractivity contribution is 9.10. The van der Waals surface area contributed by atoms with E-state index in [9.17, 15) is 4.79 Å². The first-order chi connectivity index (χ1) is 7.20. The molecule has 2 heterocycles. The molecule has 0 saturated carbocycles. The van der Waals surface area contributed by atoms with Crippen LogP contribution in [0.2, 0.25) is 0 Å². The van der Waals surface area contributed by atoms with Gasteiger partial charge in [-0.15, -0.1) is 0 Å². The molecule has 0 atom stereocenters. The first-order valence-electron chi connectivity index (χ1n) is 4.72. The Morgan fingerprint density at radius 3 is 2.87 bits per heavy atom. The molecule has 0 radical (unpaired) electrons. The van der Waals surface area contributed by atoms with E-state index < -0.39 is 0 Å². The Labute approximate surface area is 96.1 Å². The zero-order valence-corrected chi connectivity index (χ0v) is 9.64. The third kappa shape index (κ3) is 2.18. The molecule has 1 aliphatic rings. The Morgan fingerprint density at radius 1 is 1.60 bits per heavy atom. The lowest BCUT2D eigenvalue weighted by atomic mass is 10.0. The third-order valence-corrected chi connectivity index (χ3v) is 2.95. The average Bonchev–Trinajstić information content (AvgIpc) is 2.17. The summed E-state index contributed by atoms with van der Waals surface area (Å²) in [6.07, 6.45) is 1.55. The zero-order valence-electron chi connectivity index (χ0n) is 8.06. The topological polar surface area (TPSA) is 53.4 Å². The molecule has 1 aromatic heterocycles. The highest BCUT2D eigenvalue weighted by atomic mass is 79.9. The molecule has 1 fully saturated rings. The van der Waals surface area contributed by atoms with Crippen LogP contribution >= 0.6 is 15.9 Å². The van der Waals surface area contributed by atoms with E-state index in [-0.39, 0.29) is 18.4 Å². The van der Waals surface area contributed by atoms with Crippen LogP contribution in [-0.4, -0.2) is 40.6 Å². The molecule has 15 heavy (non-hydrogen) atoms. The van der Waals surface area contributed by atoms with E-state index in [1.54, 1.807) is 23.2 Å². The van der Waals surface area contributed by atoms with Crippen molar-refractivity contribution in [3.05, 3.63) is 28.5 Å². The van der Waals surface area contributed by atoms with Gasteiger partial charge in [-0.1, -0.05) is 0 Å². The van der Waals surface area contributed by atoms with E-state index in [0.29, 0.717) is 18.7 Å². The summed E-state index contributed by atoms with van der Waals surface area (Å²) in [6.45, 7) is 1.44. The molecule has 1 N–H and O–H groups in total. The Kier molecular flexibility index (Phi) is 3.02. The number of amides is 1. The summed E-state index contributed by atoms with van der Waals surface area (Å²) >= 11 is 3.21. The zero-order chi connectivity index (χ0) is 10.8. The van der Waals surface area contributed by atoms with E-state index >= 15 is 0 Å². The molecule has 1 aliphatic heterocycles. The van der Waals surface area contributed by atoms with E-state index in [1.165, 1.54) is 0 Å². The second-order valence-corrected chi connectivity index (χ2v) is 4.44. The maximum Gasteiger partial charge on any atom is 0.255 e. The van der Waals surface area contributed by atoms with Crippen LogP contribution in [0.3, 0.4) is 0 Å². The number of rotatable bonds is 2. The minimum atomic E-state index is -0.0142. The largest absolute Gasteiger partial charge is 0.396 e. The van der Waals surface area contributed by atoms with Crippen LogP contribution in [0.15, 0.2) is 22.9 Å². The molecular formula is C10H11BrN2O2. The molecule has 2 rings (SSSR count). The smallest absolute Gasteiger partial charge is 0.255 e. The Morgan fingerprint density at radius 2 is 2.33 bits per heavy atom. The second-order valence-electron chi connectivity index (χ2n) is 3.63. The minimum absolute atomic E-state index is 0.0142. The average molecular weight is 271 g/mol. The van der Waals surface area contributed by atoms with Crippen molar-refractivity contribution in [2.24, 2.45) is 5.92 Å². The third-order valence-electron chi connectivity index (χ3n) is 2.48. The molecule has 0 aliphatic carbocycles. The van der Waals surface area contributed by atoms with Gasteiger partial charge in [0.15, 0.2) is 0 Å². The van der Waals surface area contributed by atoms with Crippen LogP contribution in [0.5, 0.6) is 0 Å². The summed E-state index contributed by atoms with van der Waals surface area (Å²) < 4.78 is 0.718. The van der Waals surface area contributed by atoms with Crippen LogP contribution < -0.4 is 0 Å². The minimum Gasteiger partial charge on any atom is -0.396 e. The molecule has 1 amide bonds. The maximum atomic E-state index is 11.8. The Hall–Kier alpha value is -0.940. The molecule has 4 nitrogen and oxygen atoms in total. The van der Waals surface area contributed by atoms with Gasteiger partial charge in [0.2, 0.25) is 0 Å². The lowest BCUT2D eigenvalue weighted by Gasteiger charge is -2.38. The van der Waals surface area contributed by atoms with Gasteiger partial charge in [0.05, 0.1) is 5.56 Å². The van der Waals surface area contributed by atoms with Gasteiger partial charge in [0, 0.05) is 31.8 Å². The van der Waals surface area contributed by atoms with Crippen LogP contribution in [0.25, 0.3) is 0 Å². The predicted octanol–water partition coefficient (Wildman–Crippen LogP) is 0.908. The van der Waals surface area contributed by atoms with Crippen molar-refractivity contribution in [3.63, 3.8) is 0 Å². The normalized spacial score (nSPS) is 16.3. The molecule has 80 valence electrons. The Bertz CT molecular complexity index is 360. The van der Waals surface area contributed by atoms with Crippen LogP contribution in [-0.2, 0) is 0 Å². The highest BCUT2D eigenvalue weighted by Crippen LogP contribution is 2.18. The first-order valence-corrected chi connectivity index (χ1v) is 5.51. The molecule has 1 aromatic rings. The van der Waals surface area contributed by atoms with Crippen molar-refractivity contribution in [1.82, 2.24) is 9.88 Å². The number of carbonyl (C=O) groups excluding carboxylic acids is 1. The number of aromatic nitrogens is 1. The quantitative estimate of drug-likeness (QED) is 0.813. The summed E-state index contributed by atoms with van der Waals surface area (Å²) in [4.78, 5) is 17.5. The van der Waals surface area contributed by atoms with Gasteiger partial charge < -0.3 is 10.0 Å². The standard InChI is InChI=1S/C10H11BrN2O2/c11-9-2-1-8(3-12-9)10(15)13-4-7(5-13)6-14/h1-3,7,14H,4-6H2. The van der Waals surface area contributed by atoms with Gasteiger partial charge in [0.1, 0.15) is 4.60 Å². The fraction of sp³-hybridized carbons (Fsp3) is 0.400. The number of hydrogen-bond donors (Lipinski definition) is 1. The highest BCUT2D eigenvalue weighted by Gasteiger charge is 2.30. The maximum absolute atomic E-state index is 11.8. The second kappa shape index (κ2) is 4.28. The number of likely N-dealkylation sites (tertiary alicyclic amines) is 1. The number of pyridine rings is 1. The monoisotopic (exact) mass is 270 g/mol. The van der Waals surface area contributed by atoms with Gasteiger partial charge >= 0.3 is 0 Å². The number of nitrogens with zero attached hydrogens (tertiary/aromatic N) is 2. The number of aliphatic hydroxyl groups excluding tert-OH is 1. The lowest BCUT2D eigenvalue weighted by molar-refractivity contribution is 0.0361. The summed E-state index contributed by atoms with van der Waals surface area (Å²) in [5.41, 5.74) is 0.592. The SMILES string of the molecule is O=C(c1ccc(Br)nc1)N1CC(CO)C1. The van der Waals surface area contributed by atoms with E-state index in [0.717, 1.165) is 4.60 Å². The number of halogens is 1. The molecule has 0 unspecified atom stereocenters. The van der Waals surface area contributed by atoms with Gasteiger partial charge in [-0.2, -0.15) is 0 Å². The van der Waals surface area contributed by atoms with Crippen molar-refractivity contribution in [3.8, 4) is 0 Å². The van der Waals surface area contributed by atoms with Crippen LogP contribution in [0, 0.1) is 5.92 Å². The molecule has 0 spiro atoms. The summed E-state index contributed by atoms with van der Waals surface area (Å²) in [5.74, 6) is 0.233. The number of aliphatic hydroxyl groups is 1. The molecule has 0 bridgehead atoms. The predicted molar refractivity (Wildman–Crippen MR) is 58.4 cm³/mol. The van der Waals surface area contributed by atoms with E-state index in [2.05, 4.69) is 20.9 Å². The van der Waals surface area contributed by atoms with Crippen molar-refractivity contribution < 1.29 is 9.90 Å². The van der Waals surface area contributed by atoms with Crippen molar-refractivity contribution in [2.75, 3.05) is 19.7 Å². The lowest BCUT2D eigenvalue weighted by Crippen LogP contribution is -2.51. The van der Waals surface area contributed by atoms with Gasteiger partial charge in [-0.3, -0.25) is 4.79 Å². The number of hydrogen-bond acceptors (Lipinski definition) is 3. The number of carbonyl (C=O) groups is 1. The van der Waals surface area contributed by atoms with E-state index in [4.69, 9.17) is 5.11 Å². The van der Waals surface area contributed by atoms with Crippen molar-refractivity contribution >= 4 is 21.8 Å². The molecule has 5 heteroatoms. The Balaban J connectivity index is 2.00. The van der Waals surface area contributed by atoms with Crippen molar-refractivity contribution in [2.45, 2.75) is 0 Å². The summed E-state index contributed by atoms with van der Waals surface area (Å²) in [7, 11) is 0. The van der Waals surface area contributed by atoms with Gasteiger partial charge in [-0.05, 0) is 28.1 Å². The van der Waals surface area contributed by atoms with E-state index in [1.807, 2.05) is 0 Å². The molecular weight excluding hydrogens is 260 g/mol. The van der Waals surface area contributed by atoms with Gasteiger partial charge in [-0.25, -0.2) is 4.98 Å². The molecule has 0 aromatic carbocycles. The van der Waals surface area contributed by atoms with Crippen LogP contribution in [0.4, 0.5) is 0 Å². The fourth-order valence-corrected chi connectivity index (χ4v) is 1.77. The van der Waals surface area contributed by atoms with Crippen molar-refractivity contribution in [1.29, 1.82) is 0 Å². The summed E-state index contributed by atoms with van der Waals surface area (Å²) in [6, 6.07) is 3.49. The van der Waals surface area contributed by atoms with Gasteiger partial charge in [0.25, 0.3) is 5.91 Å². The van der Waals surface area contributed by atoms with Crippen LogP contribution in [0.1, 0.15) is 10.4 Å². The first kappa shape index (κ1) is 10.6. The summed E-state index contributed by atoms with van der Waals surface area (Å²) in [5, 5.41) is 8.84.